The van der Waals surface area contributed by atoms with Crippen LogP contribution in [-0.2, 0) is 32.0 Å². The van der Waals surface area contributed by atoms with E-state index >= 15 is 0 Å². The molecule has 0 aliphatic carbocycles. The Morgan fingerprint density at radius 2 is 1.30 bits per heavy atom. The van der Waals surface area contributed by atoms with Gasteiger partial charge in [-0.05, 0) is 18.9 Å². The SMILES string of the molecule is CO.CO[SiH](CCCS(=O)(=O)CCC[Si](OC)(OC)OC)OC. The molecule has 11 heteroatoms. The minimum absolute atomic E-state index is 0.115. The van der Waals surface area contributed by atoms with E-state index in [0.717, 1.165) is 7.11 Å². The van der Waals surface area contributed by atoms with Gasteiger partial charge < -0.3 is 27.2 Å². The van der Waals surface area contributed by atoms with E-state index in [1.807, 2.05) is 0 Å². The molecule has 0 aliphatic heterocycles. The number of aliphatic hydroxyl groups is 1. The van der Waals surface area contributed by atoms with E-state index in [0.29, 0.717) is 24.9 Å². The van der Waals surface area contributed by atoms with Crippen molar-refractivity contribution >= 4 is 27.9 Å². The normalized spacial score (nSPS) is 12.2. The number of hydrogen-bond acceptors (Lipinski definition) is 8. The first-order valence-electron chi connectivity index (χ1n) is 7.24. The number of aliphatic hydroxyl groups excluding tert-OH is 1. The van der Waals surface area contributed by atoms with E-state index in [1.54, 1.807) is 14.2 Å². The molecular formula is C12H32O8SSi2. The second-order valence-electron chi connectivity index (χ2n) is 4.59. The first-order chi connectivity index (χ1) is 10.9. The third kappa shape index (κ3) is 11.3. The molecule has 0 fully saturated rings. The lowest BCUT2D eigenvalue weighted by atomic mass is 10.6. The van der Waals surface area contributed by atoms with Crippen LogP contribution in [0.5, 0.6) is 0 Å². The first kappa shape index (κ1) is 25.4. The van der Waals surface area contributed by atoms with Crippen LogP contribution in [0, 0.1) is 0 Å². The van der Waals surface area contributed by atoms with Gasteiger partial charge in [-0.15, -0.1) is 0 Å². The smallest absolute Gasteiger partial charge is 0.400 e. The van der Waals surface area contributed by atoms with Gasteiger partial charge in [0.1, 0.15) is 9.84 Å². The molecule has 0 aromatic carbocycles. The van der Waals surface area contributed by atoms with Crippen LogP contribution in [-0.4, -0.2) is 85.8 Å². The predicted molar refractivity (Wildman–Crippen MR) is 93.6 cm³/mol. The van der Waals surface area contributed by atoms with Crippen LogP contribution in [0.1, 0.15) is 12.8 Å². The van der Waals surface area contributed by atoms with E-state index in [4.69, 9.17) is 27.2 Å². The van der Waals surface area contributed by atoms with Crippen molar-refractivity contribution in [2.45, 2.75) is 24.9 Å². The third-order valence-corrected chi connectivity index (χ3v) is 9.88. The summed E-state index contributed by atoms with van der Waals surface area (Å²) in [5, 5.41) is 7.00. The third-order valence-electron chi connectivity index (χ3n) is 3.29. The van der Waals surface area contributed by atoms with Crippen molar-refractivity contribution in [1.82, 2.24) is 0 Å². The maximum absolute atomic E-state index is 12.0. The van der Waals surface area contributed by atoms with Gasteiger partial charge >= 0.3 is 18.1 Å². The topological polar surface area (TPSA) is 101 Å². The number of rotatable bonds is 13. The van der Waals surface area contributed by atoms with Crippen molar-refractivity contribution in [3.63, 3.8) is 0 Å². The molecule has 142 valence electrons. The van der Waals surface area contributed by atoms with Gasteiger partial charge in [0, 0.05) is 48.7 Å². The summed E-state index contributed by atoms with van der Waals surface area (Å²) in [5.41, 5.74) is 0. The van der Waals surface area contributed by atoms with Gasteiger partial charge in [-0.1, -0.05) is 0 Å². The molecule has 0 rings (SSSR count). The molecule has 0 aromatic rings. The van der Waals surface area contributed by atoms with Gasteiger partial charge in [-0.25, -0.2) is 8.42 Å². The monoisotopic (exact) mass is 392 g/mol. The van der Waals surface area contributed by atoms with Crippen molar-refractivity contribution in [2.75, 3.05) is 54.2 Å². The van der Waals surface area contributed by atoms with E-state index in [9.17, 15) is 8.42 Å². The zero-order chi connectivity index (χ0) is 18.4. The molecular weight excluding hydrogens is 360 g/mol. The van der Waals surface area contributed by atoms with Gasteiger partial charge in [-0.2, -0.15) is 0 Å². The average molecular weight is 393 g/mol. The van der Waals surface area contributed by atoms with Crippen LogP contribution < -0.4 is 0 Å². The minimum atomic E-state index is -3.07. The quantitative estimate of drug-likeness (QED) is 0.443. The highest BCUT2D eigenvalue weighted by Crippen LogP contribution is 2.16. The standard InChI is InChI=1S/C11H28O7SSi2.CH4O/c1-14-20(15-2)10-6-8-19(12,13)9-7-11-21(16-3,17-4)18-5;1-2/h20H,6-11H2,1-5H3;2H,1H3. The van der Waals surface area contributed by atoms with Gasteiger partial charge in [-0.3, -0.25) is 0 Å². The molecule has 1 N–H and O–H groups in total. The van der Waals surface area contributed by atoms with Crippen LogP contribution in [0.25, 0.3) is 0 Å². The van der Waals surface area contributed by atoms with Crippen LogP contribution in [0.4, 0.5) is 0 Å². The Kier molecular flexibility index (Phi) is 16.0. The van der Waals surface area contributed by atoms with Gasteiger partial charge in [0.25, 0.3) is 0 Å². The fourth-order valence-corrected chi connectivity index (χ4v) is 6.84. The second-order valence-corrected chi connectivity index (χ2v) is 12.4. The summed E-state index contributed by atoms with van der Waals surface area (Å²) in [6.45, 7) is 0. The fraction of sp³-hybridized carbons (Fsp3) is 1.00. The van der Waals surface area contributed by atoms with Gasteiger partial charge in [0.05, 0.1) is 11.5 Å². The first-order valence-corrected chi connectivity index (χ1v) is 12.8. The Bertz CT molecular complexity index is 350. The maximum Gasteiger partial charge on any atom is 0.500 e. The van der Waals surface area contributed by atoms with Crippen molar-refractivity contribution in [3.05, 3.63) is 0 Å². The predicted octanol–water partition coefficient (Wildman–Crippen LogP) is 0.181. The Morgan fingerprint density at radius 1 is 0.870 bits per heavy atom. The van der Waals surface area contributed by atoms with E-state index in [1.165, 1.54) is 21.3 Å². The van der Waals surface area contributed by atoms with Crippen LogP contribution in [0.15, 0.2) is 0 Å². The average Bonchev–Trinajstić information content (AvgIpc) is 2.58. The molecule has 0 saturated heterocycles. The van der Waals surface area contributed by atoms with E-state index in [-0.39, 0.29) is 11.5 Å². The number of hydrogen-bond donors (Lipinski definition) is 1. The summed E-state index contributed by atoms with van der Waals surface area (Å²) >= 11 is 0. The highest BCUT2D eigenvalue weighted by molar-refractivity contribution is 7.91. The van der Waals surface area contributed by atoms with Gasteiger partial charge in [0.2, 0.25) is 0 Å². The molecule has 0 amide bonds. The Labute approximate surface area is 143 Å². The molecule has 0 saturated carbocycles. The Hall–Kier alpha value is 0.144. The molecule has 0 bridgehead atoms. The summed E-state index contributed by atoms with van der Waals surface area (Å²) in [4.78, 5) is 0. The minimum Gasteiger partial charge on any atom is -0.400 e. The number of sulfone groups is 1. The Balaban J connectivity index is 0. The summed E-state index contributed by atoms with van der Waals surface area (Å²) in [6.07, 6.45) is 1.04. The van der Waals surface area contributed by atoms with Crippen molar-refractivity contribution in [2.24, 2.45) is 0 Å². The fourth-order valence-electron chi connectivity index (χ4n) is 1.97. The van der Waals surface area contributed by atoms with Crippen LogP contribution in [0.3, 0.4) is 0 Å². The summed E-state index contributed by atoms with van der Waals surface area (Å²) in [7, 11) is 1.34. The lowest BCUT2D eigenvalue weighted by Crippen LogP contribution is -2.42. The molecule has 0 atom stereocenters. The molecule has 0 unspecified atom stereocenters. The lowest BCUT2D eigenvalue weighted by molar-refractivity contribution is 0.123. The van der Waals surface area contributed by atoms with E-state index in [2.05, 4.69) is 0 Å². The lowest BCUT2D eigenvalue weighted by Gasteiger charge is -2.24. The van der Waals surface area contributed by atoms with Crippen LogP contribution >= 0.6 is 0 Å². The molecule has 23 heavy (non-hydrogen) atoms. The van der Waals surface area contributed by atoms with Crippen LogP contribution in [0.2, 0.25) is 12.1 Å². The Morgan fingerprint density at radius 3 is 1.70 bits per heavy atom. The molecule has 0 aromatic heterocycles. The highest BCUT2D eigenvalue weighted by Gasteiger charge is 2.37. The molecule has 0 aliphatic rings. The molecule has 0 radical (unpaired) electrons. The zero-order valence-corrected chi connectivity index (χ0v) is 18.0. The summed E-state index contributed by atoms with van der Waals surface area (Å²) in [5.74, 6) is 0.273. The van der Waals surface area contributed by atoms with Crippen molar-refractivity contribution < 1.29 is 35.7 Å². The summed E-state index contributed by atoms with van der Waals surface area (Å²) < 4.78 is 50.1. The molecule has 8 nitrogen and oxygen atoms in total. The largest absolute Gasteiger partial charge is 0.500 e. The van der Waals surface area contributed by atoms with E-state index < -0.39 is 27.9 Å². The van der Waals surface area contributed by atoms with Gasteiger partial charge in [0.15, 0.2) is 0 Å². The summed E-state index contributed by atoms with van der Waals surface area (Å²) in [6, 6.07) is 1.18. The highest BCUT2D eigenvalue weighted by atomic mass is 32.2. The zero-order valence-electron chi connectivity index (χ0n) is 15.0. The molecule has 0 spiro atoms. The molecule has 0 heterocycles. The van der Waals surface area contributed by atoms with Crippen molar-refractivity contribution in [3.8, 4) is 0 Å². The van der Waals surface area contributed by atoms with Crippen molar-refractivity contribution in [1.29, 1.82) is 0 Å². The maximum atomic E-state index is 12.0. The second kappa shape index (κ2) is 14.5.